The highest BCUT2D eigenvalue weighted by Gasteiger charge is 2.53. The van der Waals surface area contributed by atoms with E-state index in [1.54, 1.807) is 0 Å². The first-order chi connectivity index (χ1) is 29.8. The first kappa shape index (κ1) is 38.1. The van der Waals surface area contributed by atoms with Crippen molar-refractivity contribution < 1.29 is 0 Å². The lowest BCUT2D eigenvalue weighted by Crippen LogP contribution is -2.75. The van der Waals surface area contributed by atoms with Crippen molar-refractivity contribution in [1.29, 1.82) is 0 Å². The lowest BCUT2D eigenvalue weighted by molar-refractivity contribution is 0.812. The average molecular weight is 820 g/mol. The van der Waals surface area contributed by atoms with Crippen LogP contribution in [0.2, 0.25) is 0 Å². The highest BCUT2D eigenvalue weighted by molar-refractivity contribution is 8.00. The summed E-state index contributed by atoms with van der Waals surface area (Å²) in [5.74, 6) is 1.31. The Balaban J connectivity index is 1.06. The van der Waals surface area contributed by atoms with E-state index in [1.165, 1.54) is 103 Å². The molecule has 0 saturated carbocycles. The van der Waals surface area contributed by atoms with E-state index >= 15 is 0 Å². The van der Waals surface area contributed by atoms with Gasteiger partial charge in [0.1, 0.15) is 0 Å². The molecule has 8 aromatic carbocycles. The molecule has 4 heteroatoms. The molecule has 3 aliphatic heterocycles. The van der Waals surface area contributed by atoms with E-state index in [2.05, 4.69) is 222 Å². The second-order valence-electron chi connectivity index (χ2n) is 18.2. The van der Waals surface area contributed by atoms with Crippen molar-refractivity contribution in [3.8, 4) is 22.3 Å². The molecule has 0 bridgehead atoms. The number of fused-ring (bicyclic) bond motifs is 11. The Morgan fingerprint density at radius 2 is 0.967 bits per heavy atom. The molecule has 0 N–H and O–H groups in total. The SMILES string of the molecule is CC(C)c1cc(C(C)C)c(B2c3ccccc3Sc3cc(-c4cccc(N5c6ccccc6[Si]6(c7ccccc7-c7ccccc76)c6ccccc65)c4)ccc32)c(C(C)C)c1. The van der Waals surface area contributed by atoms with Crippen LogP contribution in [-0.2, 0) is 0 Å². The summed E-state index contributed by atoms with van der Waals surface area (Å²) < 4.78 is 0. The summed E-state index contributed by atoms with van der Waals surface area (Å²) in [6.45, 7) is 14.3. The molecule has 0 amide bonds. The van der Waals surface area contributed by atoms with Crippen molar-refractivity contribution in [3.63, 3.8) is 0 Å². The van der Waals surface area contributed by atoms with E-state index in [1.807, 2.05) is 11.8 Å². The molecule has 11 rings (SSSR count). The maximum Gasteiger partial charge on any atom is 0.244 e. The fourth-order valence-electron chi connectivity index (χ4n) is 11.0. The molecule has 0 unspecified atom stereocenters. The fourth-order valence-corrected chi connectivity index (χ4v) is 17.7. The van der Waals surface area contributed by atoms with E-state index in [4.69, 9.17) is 0 Å². The summed E-state index contributed by atoms with van der Waals surface area (Å²) in [6.07, 6.45) is 0. The number of para-hydroxylation sites is 2. The molecule has 0 saturated heterocycles. The van der Waals surface area contributed by atoms with Crippen molar-refractivity contribution in [2.45, 2.75) is 69.1 Å². The molecule has 3 aliphatic rings. The van der Waals surface area contributed by atoms with Crippen LogP contribution in [0.1, 0.15) is 76.0 Å². The van der Waals surface area contributed by atoms with Crippen LogP contribution in [-0.4, -0.2) is 14.8 Å². The molecule has 61 heavy (non-hydrogen) atoms. The average Bonchev–Trinajstić information content (AvgIpc) is 3.58. The van der Waals surface area contributed by atoms with Crippen molar-refractivity contribution in [2.24, 2.45) is 0 Å². The molecule has 296 valence electrons. The Morgan fingerprint density at radius 1 is 0.443 bits per heavy atom. The van der Waals surface area contributed by atoms with Crippen LogP contribution in [0.25, 0.3) is 22.3 Å². The predicted molar refractivity (Wildman–Crippen MR) is 267 cm³/mol. The van der Waals surface area contributed by atoms with Gasteiger partial charge in [0, 0.05) is 26.9 Å². The zero-order valence-corrected chi connectivity index (χ0v) is 37.7. The summed E-state index contributed by atoms with van der Waals surface area (Å²) in [4.78, 5) is 5.25. The second-order valence-corrected chi connectivity index (χ2v) is 22.9. The van der Waals surface area contributed by atoms with Crippen LogP contribution in [0.15, 0.2) is 186 Å². The number of nitrogens with zero attached hydrogens (tertiary/aromatic N) is 1. The number of hydrogen-bond donors (Lipinski definition) is 0. The predicted octanol–water partition coefficient (Wildman–Crippen LogP) is 10.8. The van der Waals surface area contributed by atoms with Crippen LogP contribution in [0.3, 0.4) is 0 Å². The minimum absolute atomic E-state index is 0.174. The van der Waals surface area contributed by atoms with Gasteiger partial charge >= 0.3 is 0 Å². The highest BCUT2D eigenvalue weighted by atomic mass is 32.2. The maximum atomic E-state index is 2.54. The summed E-state index contributed by atoms with van der Waals surface area (Å²) in [5.41, 5.74) is 17.7. The maximum absolute atomic E-state index is 2.61. The van der Waals surface area contributed by atoms with E-state index in [9.17, 15) is 0 Å². The van der Waals surface area contributed by atoms with E-state index in [0.717, 1.165) is 0 Å². The van der Waals surface area contributed by atoms with Gasteiger partial charge in [0.05, 0.1) is 0 Å². The minimum Gasteiger partial charge on any atom is -0.311 e. The quantitative estimate of drug-likeness (QED) is 0.154. The molecular formula is C57H50BNSSi. The van der Waals surface area contributed by atoms with Crippen molar-refractivity contribution in [1.82, 2.24) is 0 Å². The van der Waals surface area contributed by atoms with Gasteiger partial charge < -0.3 is 4.90 Å². The summed E-state index contributed by atoms with van der Waals surface area (Å²) in [7, 11) is -2.61. The molecule has 0 fully saturated rings. The lowest BCUT2D eigenvalue weighted by atomic mass is 9.34. The van der Waals surface area contributed by atoms with Crippen LogP contribution < -0.4 is 42.0 Å². The third-order valence-electron chi connectivity index (χ3n) is 13.7. The fraction of sp³-hybridized carbons (Fsp3) is 0.158. The monoisotopic (exact) mass is 819 g/mol. The van der Waals surface area contributed by atoms with Crippen molar-refractivity contribution >= 4 is 80.7 Å². The smallest absolute Gasteiger partial charge is 0.244 e. The molecule has 0 radical (unpaired) electrons. The third-order valence-corrected chi connectivity index (χ3v) is 19.8. The molecule has 0 aromatic heterocycles. The van der Waals surface area contributed by atoms with E-state index in [-0.39, 0.29) is 6.71 Å². The van der Waals surface area contributed by atoms with Gasteiger partial charge in [-0.3, -0.25) is 0 Å². The Morgan fingerprint density at radius 3 is 1.57 bits per heavy atom. The van der Waals surface area contributed by atoms with Gasteiger partial charge in [-0.1, -0.05) is 209 Å². The van der Waals surface area contributed by atoms with Gasteiger partial charge in [-0.2, -0.15) is 0 Å². The molecular weight excluding hydrogens is 770 g/mol. The summed E-state index contributed by atoms with van der Waals surface area (Å²) >= 11 is 1.93. The molecule has 1 spiro atoms. The number of rotatable bonds is 6. The van der Waals surface area contributed by atoms with Crippen LogP contribution >= 0.6 is 11.8 Å². The first-order valence-electron chi connectivity index (χ1n) is 22.1. The summed E-state index contributed by atoms with van der Waals surface area (Å²) in [6, 6.07) is 67.7. The van der Waals surface area contributed by atoms with Gasteiger partial charge in [0.2, 0.25) is 6.71 Å². The number of hydrogen-bond acceptors (Lipinski definition) is 2. The van der Waals surface area contributed by atoms with Crippen LogP contribution in [0, 0.1) is 0 Å². The highest BCUT2D eigenvalue weighted by Crippen LogP contribution is 2.43. The van der Waals surface area contributed by atoms with Gasteiger partial charge in [0.25, 0.3) is 0 Å². The molecule has 8 aromatic rings. The van der Waals surface area contributed by atoms with Crippen LogP contribution in [0.5, 0.6) is 0 Å². The molecule has 3 heterocycles. The zero-order valence-electron chi connectivity index (χ0n) is 35.9. The third kappa shape index (κ3) is 5.75. The van der Waals surface area contributed by atoms with Gasteiger partial charge in [0.15, 0.2) is 8.07 Å². The molecule has 1 nitrogen and oxygen atoms in total. The number of benzene rings is 8. The number of anilines is 3. The summed E-state index contributed by atoms with van der Waals surface area (Å²) in [5, 5.41) is 5.89. The topological polar surface area (TPSA) is 3.24 Å². The largest absolute Gasteiger partial charge is 0.311 e. The Kier molecular flexibility index (Phi) is 9.18. The Hall–Kier alpha value is -5.81. The van der Waals surface area contributed by atoms with Gasteiger partial charge in [-0.25, -0.2) is 0 Å². The first-order valence-corrected chi connectivity index (χ1v) is 24.9. The normalized spacial score (nSPS) is 14.2. The van der Waals surface area contributed by atoms with Gasteiger partial charge in [-0.05, 0) is 114 Å². The van der Waals surface area contributed by atoms with E-state index < -0.39 is 8.07 Å². The molecule has 0 aliphatic carbocycles. The second kappa shape index (κ2) is 14.7. The van der Waals surface area contributed by atoms with Crippen molar-refractivity contribution in [2.75, 3.05) is 4.90 Å². The van der Waals surface area contributed by atoms with Gasteiger partial charge in [-0.15, -0.1) is 0 Å². The Bertz CT molecular complexity index is 2910. The van der Waals surface area contributed by atoms with Crippen molar-refractivity contribution in [3.05, 3.63) is 193 Å². The molecule has 0 atom stereocenters. The Labute approximate surface area is 367 Å². The lowest BCUT2D eigenvalue weighted by Gasteiger charge is -2.43. The van der Waals surface area contributed by atoms with E-state index in [0.29, 0.717) is 17.8 Å². The standard InChI is InChI=1S/C57H50BNSSi/c1-36(2)41-33-45(37(3)4)57(46(34-41)38(5)6)58-47-22-9-12-25-51(47)60-52-35-40(30-31-48(52)58)39-18-17-19-42(32-39)59-49-23-10-15-28-55(49)61(56-29-16-11-24-50(56)59)53-26-13-7-20-43(53)44-21-8-14-27-54(44)61/h7-38H,1-6H3. The zero-order chi connectivity index (χ0) is 41.6. The minimum atomic E-state index is -2.61. The van der Waals surface area contributed by atoms with Crippen LogP contribution in [0.4, 0.5) is 17.1 Å².